The summed E-state index contributed by atoms with van der Waals surface area (Å²) in [6, 6.07) is 0.792. The number of rotatable bonds is 5. The van der Waals surface area contributed by atoms with Crippen LogP contribution in [0.1, 0.15) is 40.6 Å². The van der Waals surface area contributed by atoms with Crippen LogP contribution in [0.5, 0.6) is 0 Å². The van der Waals surface area contributed by atoms with Gasteiger partial charge >= 0.3 is 0 Å². The monoisotopic (exact) mass is 300 g/mol. The van der Waals surface area contributed by atoms with E-state index in [4.69, 9.17) is 4.98 Å². The van der Waals surface area contributed by atoms with Crippen LogP contribution in [0.4, 0.5) is 0 Å². The lowest BCUT2D eigenvalue weighted by Gasteiger charge is -2.18. The minimum absolute atomic E-state index is 0.647. The fourth-order valence-electron chi connectivity index (χ4n) is 2.11. The van der Waals surface area contributed by atoms with Crippen LogP contribution in [0.3, 0.4) is 0 Å². The quantitative estimate of drug-likeness (QED) is 0.900. The molecule has 2 heterocycles. The highest BCUT2D eigenvalue weighted by Crippen LogP contribution is 2.39. The highest BCUT2D eigenvalue weighted by Gasteiger charge is 2.24. The van der Waals surface area contributed by atoms with Gasteiger partial charge in [0.15, 0.2) is 0 Å². The summed E-state index contributed by atoms with van der Waals surface area (Å²) >= 11 is 6.12. The van der Waals surface area contributed by atoms with Crippen LogP contribution < -0.4 is 5.32 Å². The fourth-order valence-corrected chi connectivity index (χ4v) is 6.20. The Morgan fingerprint density at radius 3 is 2.89 bits per heavy atom. The SMILES string of the molecule is CCc1nc(C2CSCCS2)sc1CNC1CC1. The number of thiazole rings is 1. The van der Waals surface area contributed by atoms with E-state index in [0.29, 0.717) is 5.25 Å². The molecule has 0 radical (unpaired) electrons. The Morgan fingerprint density at radius 1 is 1.33 bits per heavy atom. The van der Waals surface area contributed by atoms with Gasteiger partial charge in [-0.05, 0) is 19.3 Å². The second-order valence-electron chi connectivity index (χ2n) is 4.87. The standard InChI is InChI=1S/C13H20N2S3/c1-2-10-11(7-14-9-3-4-9)18-13(15-10)12-8-16-5-6-17-12/h9,12,14H,2-8H2,1H3. The van der Waals surface area contributed by atoms with Gasteiger partial charge in [-0.3, -0.25) is 0 Å². The third-order valence-corrected chi connectivity index (χ3v) is 7.47. The normalized spacial score (nSPS) is 24.4. The van der Waals surface area contributed by atoms with Crippen LogP contribution >= 0.6 is 34.9 Å². The van der Waals surface area contributed by atoms with Crippen molar-refractivity contribution in [2.75, 3.05) is 17.3 Å². The summed E-state index contributed by atoms with van der Waals surface area (Å²) < 4.78 is 0. The van der Waals surface area contributed by atoms with E-state index in [1.807, 2.05) is 11.3 Å². The predicted molar refractivity (Wildman–Crippen MR) is 83.9 cm³/mol. The molecule has 2 fully saturated rings. The lowest BCUT2D eigenvalue weighted by molar-refractivity contribution is 0.689. The minimum Gasteiger partial charge on any atom is -0.309 e. The van der Waals surface area contributed by atoms with Crippen molar-refractivity contribution in [1.82, 2.24) is 10.3 Å². The molecule has 1 saturated carbocycles. The molecule has 1 unspecified atom stereocenters. The Labute approximate surface area is 122 Å². The zero-order valence-electron chi connectivity index (χ0n) is 10.8. The van der Waals surface area contributed by atoms with Gasteiger partial charge < -0.3 is 5.32 Å². The first-order chi connectivity index (χ1) is 8.86. The molecular weight excluding hydrogens is 280 g/mol. The second kappa shape index (κ2) is 6.16. The minimum atomic E-state index is 0.647. The van der Waals surface area contributed by atoms with Gasteiger partial charge in [0.25, 0.3) is 0 Å². The Morgan fingerprint density at radius 2 is 2.22 bits per heavy atom. The topological polar surface area (TPSA) is 24.9 Å². The molecule has 1 atom stereocenters. The molecule has 5 heteroatoms. The smallest absolute Gasteiger partial charge is 0.107 e. The number of aromatic nitrogens is 1. The van der Waals surface area contributed by atoms with Crippen LogP contribution in [0, 0.1) is 0 Å². The van der Waals surface area contributed by atoms with Crippen molar-refractivity contribution < 1.29 is 0 Å². The second-order valence-corrected chi connectivity index (χ2v) is 8.44. The highest BCUT2D eigenvalue weighted by molar-refractivity contribution is 8.06. The molecular formula is C13H20N2S3. The van der Waals surface area contributed by atoms with Crippen LogP contribution in [0.2, 0.25) is 0 Å². The van der Waals surface area contributed by atoms with Gasteiger partial charge in [0.05, 0.1) is 10.9 Å². The van der Waals surface area contributed by atoms with E-state index in [1.165, 1.54) is 45.7 Å². The third-order valence-electron chi connectivity index (χ3n) is 3.35. The van der Waals surface area contributed by atoms with Crippen LogP contribution in [0.15, 0.2) is 0 Å². The molecule has 100 valence electrons. The summed E-state index contributed by atoms with van der Waals surface area (Å²) in [5.74, 6) is 3.84. The average Bonchev–Trinajstić information content (AvgIpc) is 3.16. The number of nitrogens with zero attached hydrogens (tertiary/aromatic N) is 1. The van der Waals surface area contributed by atoms with Crippen molar-refractivity contribution >= 4 is 34.9 Å². The Balaban J connectivity index is 1.69. The molecule has 1 aliphatic carbocycles. The van der Waals surface area contributed by atoms with E-state index >= 15 is 0 Å². The molecule has 1 aromatic rings. The summed E-state index contributed by atoms with van der Waals surface area (Å²) in [7, 11) is 0. The molecule has 1 aliphatic heterocycles. The predicted octanol–water partition coefficient (Wildman–Crippen LogP) is 3.48. The first-order valence-corrected chi connectivity index (χ1v) is 9.80. The van der Waals surface area contributed by atoms with Crippen molar-refractivity contribution in [2.24, 2.45) is 0 Å². The van der Waals surface area contributed by atoms with E-state index in [2.05, 4.69) is 35.8 Å². The van der Waals surface area contributed by atoms with Gasteiger partial charge in [0.2, 0.25) is 0 Å². The number of aryl methyl sites for hydroxylation is 1. The summed E-state index contributed by atoms with van der Waals surface area (Å²) in [6.07, 6.45) is 3.80. The van der Waals surface area contributed by atoms with Gasteiger partial charge in [-0.15, -0.1) is 23.1 Å². The van der Waals surface area contributed by atoms with E-state index in [0.717, 1.165) is 19.0 Å². The molecule has 0 amide bonds. The number of thioether (sulfide) groups is 2. The molecule has 18 heavy (non-hydrogen) atoms. The summed E-state index contributed by atoms with van der Waals surface area (Å²) in [5.41, 5.74) is 1.33. The maximum atomic E-state index is 4.90. The largest absolute Gasteiger partial charge is 0.309 e. The van der Waals surface area contributed by atoms with Crippen LogP contribution in [0.25, 0.3) is 0 Å². The number of hydrogen-bond donors (Lipinski definition) is 1. The highest BCUT2D eigenvalue weighted by atomic mass is 32.2. The summed E-state index contributed by atoms with van der Waals surface area (Å²) in [6.45, 7) is 3.26. The first kappa shape index (κ1) is 13.3. The van der Waals surface area contributed by atoms with E-state index in [1.54, 1.807) is 0 Å². The maximum Gasteiger partial charge on any atom is 0.107 e. The van der Waals surface area contributed by atoms with Gasteiger partial charge in [-0.2, -0.15) is 11.8 Å². The molecule has 0 aromatic carbocycles. The van der Waals surface area contributed by atoms with E-state index < -0.39 is 0 Å². The van der Waals surface area contributed by atoms with Crippen molar-refractivity contribution in [2.45, 2.75) is 44.0 Å². The molecule has 2 aliphatic rings. The molecule has 1 aromatic heterocycles. The zero-order chi connectivity index (χ0) is 12.4. The molecule has 0 spiro atoms. The molecule has 1 saturated heterocycles. The summed E-state index contributed by atoms with van der Waals surface area (Å²) in [5, 5.41) is 5.64. The Kier molecular flexibility index (Phi) is 4.55. The van der Waals surface area contributed by atoms with Crippen LogP contribution in [-0.2, 0) is 13.0 Å². The zero-order valence-corrected chi connectivity index (χ0v) is 13.2. The van der Waals surface area contributed by atoms with Crippen molar-refractivity contribution in [3.63, 3.8) is 0 Å². The van der Waals surface area contributed by atoms with Gasteiger partial charge in [0, 0.05) is 34.7 Å². The molecule has 3 rings (SSSR count). The number of hydrogen-bond acceptors (Lipinski definition) is 5. The van der Waals surface area contributed by atoms with Crippen molar-refractivity contribution in [1.29, 1.82) is 0 Å². The van der Waals surface area contributed by atoms with Gasteiger partial charge in [-0.25, -0.2) is 4.98 Å². The fraction of sp³-hybridized carbons (Fsp3) is 0.769. The first-order valence-electron chi connectivity index (χ1n) is 6.78. The summed E-state index contributed by atoms with van der Waals surface area (Å²) in [4.78, 5) is 6.38. The lowest BCUT2D eigenvalue weighted by Crippen LogP contribution is -2.15. The van der Waals surface area contributed by atoms with Gasteiger partial charge in [-0.1, -0.05) is 6.92 Å². The molecule has 1 N–H and O–H groups in total. The average molecular weight is 301 g/mol. The molecule has 2 nitrogen and oxygen atoms in total. The van der Waals surface area contributed by atoms with E-state index in [-0.39, 0.29) is 0 Å². The third kappa shape index (κ3) is 3.24. The number of nitrogens with one attached hydrogen (secondary N) is 1. The lowest BCUT2D eigenvalue weighted by atomic mass is 10.3. The Hall–Kier alpha value is 0.290. The Bertz CT molecular complexity index is 395. The van der Waals surface area contributed by atoms with Crippen LogP contribution in [-0.4, -0.2) is 28.3 Å². The van der Waals surface area contributed by atoms with E-state index in [9.17, 15) is 0 Å². The molecule has 0 bridgehead atoms. The van der Waals surface area contributed by atoms with Crippen molar-refractivity contribution in [3.05, 3.63) is 15.6 Å². The van der Waals surface area contributed by atoms with Gasteiger partial charge in [0.1, 0.15) is 5.01 Å². The van der Waals surface area contributed by atoms with Crippen molar-refractivity contribution in [3.8, 4) is 0 Å². The maximum absolute atomic E-state index is 4.90.